The average Bonchev–Trinajstić information content (AvgIpc) is 2.26. The second kappa shape index (κ2) is 6.23. The van der Waals surface area contributed by atoms with Crippen LogP contribution in [-0.2, 0) is 10.4 Å². The molecule has 20 heavy (non-hydrogen) atoms. The summed E-state index contributed by atoms with van der Waals surface area (Å²) in [5.74, 6) is -1.38. The molecule has 0 fully saturated rings. The van der Waals surface area contributed by atoms with Gasteiger partial charge in [0.15, 0.2) is 0 Å². The molecule has 1 aromatic rings. The van der Waals surface area contributed by atoms with Crippen LogP contribution >= 0.6 is 0 Å². The Bertz CT molecular complexity index is 446. The number of carboxylic acids is 1. The van der Waals surface area contributed by atoms with Crippen molar-refractivity contribution in [3.05, 3.63) is 35.9 Å². The van der Waals surface area contributed by atoms with E-state index in [4.69, 9.17) is 5.11 Å². The van der Waals surface area contributed by atoms with Gasteiger partial charge in [0.05, 0.1) is 18.7 Å². The molecule has 0 aliphatic heterocycles. The van der Waals surface area contributed by atoms with E-state index < -0.39 is 37.4 Å². The maximum Gasteiger partial charge on any atom is 0.401 e. The van der Waals surface area contributed by atoms with Gasteiger partial charge in [-0.2, -0.15) is 13.2 Å². The Hall–Kier alpha value is -1.60. The summed E-state index contributed by atoms with van der Waals surface area (Å²) in [5, 5.41) is 18.9. The molecule has 0 amide bonds. The molecule has 0 radical (unpaired) electrons. The molecule has 1 atom stereocenters. The number of rotatable bonds is 6. The highest BCUT2D eigenvalue weighted by atomic mass is 19.4. The first kappa shape index (κ1) is 16.5. The minimum atomic E-state index is -4.53. The quantitative estimate of drug-likeness (QED) is 0.839. The lowest BCUT2D eigenvalue weighted by molar-refractivity contribution is -0.159. The van der Waals surface area contributed by atoms with Crippen molar-refractivity contribution in [1.29, 1.82) is 0 Å². The van der Waals surface area contributed by atoms with Crippen molar-refractivity contribution in [2.75, 3.05) is 19.6 Å². The third-order valence-electron chi connectivity index (χ3n) is 2.69. The van der Waals surface area contributed by atoms with Gasteiger partial charge in [-0.05, 0) is 12.5 Å². The van der Waals surface area contributed by atoms with E-state index in [1.165, 1.54) is 6.92 Å². The molecule has 0 aliphatic rings. The standard InChI is InChI=1S/C13H16F3NO3/c1-12(20,10-5-3-2-4-6-10)8-17(7-11(18)19)9-13(14,15)16/h2-6,20H,7-9H2,1H3,(H,18,19). The summed E-state index contributed by atoms with van der Waals surface area (Å²) >= 11 is 0. The maximum atomic E-state index is 12.4. The number of halogens is 3. The van der Waals surface area contributed by atoms with Gasteiger partial charge in [0.25, 0.3) is 0 Å². The summed E-state index contributed by atoms with van der Waals surface area (Å²) in [6.45, 7) is -1.25. The number of carboxylic acid groups (broad SMARTS) is 1. The van der Waals surface area contributed by atoms with Gasteiger partial charge in [0.1, 0.15) is 0 Å². The molecule has 1 unspecified atom stereocenters. The molecule has 0 aromatic heterocycles. The molecule has 0 spiro atoms. The van der Waals surface area contributed by atoms with Crippen molar-refractivity contribution in [3.63, 3.8) is 0 Å². The van der Waals surface area contributed by atoms with E-state index in [9.17, 15) is 23.1 Å². The van der Waals surface area contributed by atoms with Gasteiger partial charge in [-0.25, -0.2) is 0 Å². The zero-order chi connectivity index (χ0) is 15.4. The first-order valence-electron chi connectivity index (χ1n) is 5.89. The highest BCUT2D eigenvalue weighted by molar-refractivity contribution is 5.69. The van der Waals surface area contributed by atoms with Crippen molar-refractivity contribution in [3.8, 4) is 0 Å². The predicted molar refractivity (Wildman–Crippen MR) is 66.1 cm³/mol. The van der Waals surface area contributed by atoms with Crippen LogP contribution in [0.25, 0.3) is 0 Å². The summed E-state index contributed by atoms with van der Waals surface area (Å²) in [6.07, 6.45) is -4.53. The Morgan fingerprint density at radius 1 is 1.20 bits per heavy atom. The van der Waals surface area contributed by atoms with E-state index in [0.717, 1.165) is 0 Å². The lowest BCUT2D eigenvalue weighted by Crippen LogP contribution is -2.45. The van der Waals surface area contributed by atoms with Crippen LogP contribution in [-0.4, -0.2) is 46.9 Å². The van der Waals surface area contributed by atoms with Crippen molar-refractivity contribution < 1.29 is 28.2 Å². The molecule has 112 valence electrons. The smallest absolute Gasteiger partial charge is 0.401 e. The summed E-state index contributed by atoms with van der Waals surface area (Å²) in [5.41, 5.74) is -1.14. The molecule has 4 nitrogen and oxygen atoms in total. The van der Waals surface area contributed by atoms with Gasteiger partial charge in [-0.1, -0.05) is 30.3 Å². The van der Waals surface area contributed by atoms with E-state index in [1.807, 2.05) is 0 Å². The van der Waals surface area contributed by atoms with Crippen LogP contribution in [0.1, 0.15) is 12.5 Å². The molecule has 1 aromatic carbocycles. The van der Waals surface area contributed by atoms with Crippen LogP contribution in [0.4, 0.5) is 13.2 Å². The topological polar surface area (TPSA) is 60.8 Å². The van der Waals surface area contributed by atoms with Crippen molar-refractivity contribution in [2.45, 2.75) is 18.7 Å². The van der Waals surface area contributed by atoms with Crippen molar-refractivity contribution in [2.24, 2.45) is 0 Å². The molecule has 0 saturated carbocycles. The van der Waals surface area contributed by atoms with Crippen LogP contribution in [0.15, 0.2) is 30.3 Å². The fourth-order valence-electron chi connectivity index (χ4n) is 1.94. The van der Waals surface area contributed by atoms with Gasteiger partial charge < -0.3 is 10.2 Å². The summed E-state index contributed by atoms with van der Waals surface area (Å²) < 4.78 is 37.3. The van der Waals surface area contributed by atoms with Gasteiger partial charge in [0.2, 0.25) is 0 Å². The number of aliphatic hydroxyl groups is 1. The van der Waals surface area contributed by atoms with Crippen molar-refractivity contribution in [1.82, 2.24) is 4.90 Å². The lowest BCUT2D eigenvalue weighted by atomic mass is 9.95. The Labute approximate surface area is 114 Å². The summed E-state index contributed by atoms with van der Waals surface area (Å²) in [6, 6.07) is 8.16. The zero-order valence-corrected chi connectivity index (χ0v) is 10.9. The van der Waals surface area contributed by atoms with E-state index in [-0.39, 0.29) is 0 Å². The maximum absolute atomic E-state index is 12.4. The SMILES string of the molecule is CC(O)(CN(CC(=O)O)CC(F)(F)F)c1ccccc1. The first-order valence-corrected chi connectivity index (χ1v) is 5.89. The molecular formula is C13H16F3NO3. The predicted octanol–water partition coefficient (Wildman–Crippen LogP) is 1.84. The fraction of sp³-hybridized carbons (Fsp3) is 0.462. The highest BCUT2D eigenvalue weighted by Crippen LogP contribution is 2.24. The third-order valence-corrected chi connectivity index (χ3v) is 2.69. The minimum Gasteiger partial charge on any atom is -0.480 e. The fourth-order valence-corrected chi connectivity index (χ4v) is 1.94. The van der Waals surface area contributed by atoms with Crippen LogP contribution in [0, 0.1) is 0 Å². The molecule has 0 aliphatic carbocycles. The number of carbonyl (C=O) groups is 1. The van der Waals surface area contributed by atoms with Gasteiger partial charge in [0, 0.05) is 6.54 Å². The molecule has 0 saturated heterocycles. The molecule has 2 N–H and O–H groups in total. The molecule has 0 bridgehead atoms. The number of alkyl halides is 3. The van der Waals surface area contributed by atoms with Crippen LogP contribution in [0.3, 0.4) is 0 Å². The highest BCUT2D eigenvalue weighted by Gasteiger charge is 2.35. The second-order valence-corrected chi connectivity index (χ2v) is 4.79. The summed E-state index contributed by atoms with van der Waals surface area (Å²) in [4.78, 5) is 11.3. The number of benzene rings is 1. The van der Waals surface area contributed by atoms with Gasteiger partial charge in [-0.3, -0.25) is 9.69 Å². The third kappa shape index (κ3) is 5.58. The van der Waals surface area contributed by atoms with Crippen molar-refractivity contribution >= 4 is 5.97 Å². The number of hydrogen-bond donors (Lipinski definition) is 2. The molecular weight excluding hydrogens is 275 g/mol. The van der Waals surface area contributed by atoms with E-state index >= 15 is 0 Å². The second-order valence-electron chi connectivity index (χ2n) is 4.79. The van der Waals surface area contributed by atoms with E-state index in [2.05, 4.69) is 0 Å². The van der Waals surface area contributed by atoms with E-state index in [0.29, 0.717) is 10.5 Å². The Balaban J connectivity index is 2.85. The van der Waals surface area contributed by atoms with Gasteiger partial charge >= 0.3 is 12.1 Å². The summed E-state index contributed by atoms with van der Waals surface area (Å²) in [7, 11) is 0. The molecule has 7 heteroatoms. The first-order chi connectivity index (χ1) is 9.10. The van der Waals surface area contributed by atoms with E-state index in [1.54, 1.807) is 30.3 Å². The largest absolute Gasteiger partial charge is 0.480 e. The Morgan fingerprint density at radius 3 is 2.20 bits per heavy atom. The van der Waals surface area contributed by atoms with Crippen LogP contribution < -0.4 is 0 Å². The Kier molecular flexibility index (Phi) is 5.13. The van der Waals surface area contributed by atoms with Gasteiger partial charge in [-0.15, -0.1) is 0 Å². The minimum absolute atomic E-state index is 0.428. The number of hydrogen-bond acceptors (Lipinski definition) is 3. The average molecular weight is 291 g/mol. The molecule has 1 rings (SSSR count). The lowest BCUT2D eigenvalue weighted by Gasteiger charge is -2.31. The number of nitrogens with zero attached hydrogens (tertiary/aromatic N) is 1. The Morgan fingerprint density at radius 2 is 1.75 bits per heavy atom. The monoisotopic (exact) mass is 291 g/mol. The zero-order valence-electron chi connectivity index (χ0n) is 10.9. The normalized spacial score (nSPS) is 15.1. The number of aliphatic carboxylic acids is 1. The van der Waals surface area contributed by atoms with Crippen LogP contribution in [0.2, 0.25) is 0 Å². The molecule has 0 heterocycles. The van der Waals surface area contributed by atoms with Crippen LogP contribution in [0.5, 0.6) is 0 Å².